The molecule has 0 bridgehead atoms. The number of halogens is 2. The molecule has 0 aliphatic heterocycles. The van der Waals surface area contributed by atoms with E-state index >= 15 is 0 Å². The van der Waals surface area contributed by atoms with Gasteiger partial charge in [0, 0.05) is 19.4 Å². The second-order valence-corrected chi connectivity index (χ2v) is 3.59. The van der Waals surface area contributed by atoms with Crippen molar-refractivity contribution < 1.29 is 13.5 Å². The fourth-order valence-corrected chi connectivity index (χ4v) is 1.38. The molecular formula is C11H12F2N4O. The van der Waals surface area contributed by atoms with Gasteiger partial charge in [-0.3, -0.25) is 4.68 Å². The smallest absolute Gasteiger partial charge is 0.168 e. The summed E-state index contributed by atoms with van der Waals surface area (Å²) in [6, 6.07) is 0.769. The number of nitrogens with zero attached hydrogens (tertiary/aromatic N) is 3. The minimum atomic E-state index is -0.750. The zero-order chi connectivity index (χ0) is 13.0. The van der Waals surface area contributed by atoms with Crippen molar-refractivity contribution in [2.24, 2.45) is 0 Å². The van der Waals surface area contributed by atoms with Crippen LogP contribution in [0.1, 0.15) is 0 Å². The molecule has 2 aromatic heterocycles. The van der Waals surface area contributed by atoms with E-state index in [0.29, 0.717) is 18.8 Å². The Morgan fingerprint density at radius 2 is 2.22 bits per heavy atom. The zero-order valence-corrected chi connectivity index (χ0v) is 9.73. The third kappa shape index (κ3) is 3.01. The van der Waals surface area contributed by atoms with Gasteiger partial charge in [-0.25, -0.2) is 13.8 Å². The lowest BCUT2D eigenvalue weighted by Gasteiger charge is -2.03. The number of rotatable bonds is 5. The Morgan fingerprint density at radius 1 is 1.39 bits per heavy atom. The van der Waals surface area contributed by atoms with Crippen molar-refractivity contribution in [1.29, 1.82) is 0 Å². The predicted molar refractivity (Wildman–Crippen MR) is 61.5 cm³/mol. The number of methoxy groups -OCH3 is 1. The topological polar surface area (TPSA) is 52.0 Å². The van der Waals surface area contributed by atoms with Crippen LogP contribution in [0, 0.1) is 11.6 Å². The van der Waals surface area contributed by atoms with Gasteiger partial charge in [-0.2, -0.15) is 5.10 Å². The lowest BCUT2D eigenvalue weighted by atomic mass is 10.4. The molecule has 18 heavy (non-hydrogen) atoms. The molecule has 0 amide bonds. The average molecular weight is 254 g/mol. The maximum absolute atomic E-state index is 13.3. The third-order valence-corrected chi connectivity index (χ3v) is 2.23. The number of aromatic nitrogens is 3. The molecule has 0 saturated carbocycles. The first-order chi connectivity index (χ1) is 8.69. The van der Waals surface area contributed by atoms with Gasteiger partial charge in [0.2, 0.25) is 0 Å². The van der Waals surface area contributed by atoms with Gasteiger partial charge in [-0.1, -0.05) is 0 Å². The van der Waals surface area contributed by atoms with E-state index in [1.807, 2.05) is 0 Å². The molecule has 2 rings (SSSR count). The van der Waals surface area contributed by atoms with Crippen molar-refractivity contribution in [1.82, 2.24) is 14.8 Å². The first-order valence-corrected chi connectivity index (χ1v) is 5.28. The van der Waals surface area contributed by atoms with Gasteiger partial charge in [0.25, 0.3) is 0 Å². The monoisotopic (exact) mass is 254 g/mol. The molecule has 0 aliphatic carbocycles. The van der Waals surface area contributed by atoms with Crippen LogP contribution in [-0.2, 0) is 11.3 Å². The normalized spacial score (nSPS) is 10.6. The lowest BCUT2D eigenvalue weighted by molar-refractivity contribution is 0.183. The molecular weight excluding hydrogens is 242 g/mol. The number of nitrogens with one attached hydrogen (secondary N) is 1. The van der Waals surface area contributed by atoms with Crippen LogP contribution >= 0.6 is 0 Å². The number of hydrogen-bond acceptors (Lipinski definition) is 4. The van der Waals surface area contributed by atoms with Gasteiger partial charge in [-0.15, -0.1) is 0 Å². The van der Waals surface area contributed by atoms with E-state index in [4.69, 9.17) is 4.74 Å². The SMILES string of the molecule is COCCn1cc(Nc2ncc(F)cc2F)cn1. The average Bonchev–Trinajstić information content (AvgIpc) is 2.78. The maximum atomic E-state index is 13.3. The second-order valence-electron chi connectivity index (χ2n) is 3.59. The Balaban J connectivity index is 2.06. The summed E-state index contributed by atoms with van der Waals surface area (Å²) < 4.78 is 32.6. The number of pyridine rings is 1. The summed E-state index contributed by atoms with van der Waals surface area (Å²) in [7, 11) is 1.60. The van der Waals surface area contributed by atoms with E-state index in [0.717, 1.165) is 12.3 Å². The highest BCUT2D eigenvalue weighted by atomic mass is 19.1. The molecule has 1 N–H and O–H groups in total. The molecule has 96 valence electrons. The van der Waals surface area contributed by atoms with E-state index in [1.54, 1.807) is 18.0 Å². The molecule has 0 saturated heterocycles. The van der Waals surface area contributed by atoms with Crippen molar-refractivity contribution in [3.63, 3.8) is 0 Å². The second kappa shape index (κ2) is 5.54. The number of ether oxygens (including phenoxy) is 1. The fourth-order valence-electron chi connectivity index (χ4n) is 1.38. The van der Waals surface area contributed by atoms with Gasteiger partial charge >= 0.3 is 0 Å². The summed E-state index contributed by atoms with van der Waals surface area (Å²) in [5, 5.41) is 6.77. The van der Waals surface area contributed by atoms with Gasteiger partial charge in [0.05, 0.1) is 31.2 Å². The minimum absolute atomic E-state index is 0.0392. The molecule has 0 atom stereocenters. The maximum Gasteiger partial charge on any atom is 0.168 e. The van der Waals surface area contributed by atoms with Crippen molar-refractivity contribution in [3.8, 4) is 0 Å². The van der Waals surface area contributed by atoms with Gasteiger partial charge in [-0.05, 0) is 0 Å². The van der Waals surface area contributed by atoms with Crippen molar-refractivity contribution in [2.45, 2.75) is 6.54 Å². The molecule has 0 radical (unpaired) electrons. The quantitative estimate of drug-likeness (QED) is 0.886. The highest BCUT2D eigenvalue weighted by molar-refractivity contribution is 5.54. The van der Waals surface area contributed by atoms with E-state index < -0.39 is 11.6 Å². The Morgan fingerprint density at radius 3 is 2.94 bits per heavy atom. The molecule has 2 heterocycles. The molecule has 0 unspecified atom stereocenters. The highest BCUT2D eigenvalue weighted by Gasteiger charge is 2.06. The molecule has 2 aromatic rings. The van der Waals surface area contributed by atoms with Gasteiger partial charge in [0.1, 0.15) is 5.82 Å². The molecule has 0 aromatic carbocycles. The summed E-state index contributed by atoms with van der Waals surface area (Å²) in [5.41, 5.74) is 0.573. The number of anilines is 2. The van der Waals surface area contributed by atoms with Crippen LogP contribution in [0.25, 0.3) is 0 Å². The van der Waals surface area contributed by atoms with Crippen LogP contribution in [-0.4, -0.2) is 28.5 Å². The van der Waals surface area contributed by atoms with Crippen LogP contribution in [0.5, 0.6) is 0 Å². The zero-order valence-electron chi connectivity index (χ0n) is 9.73. The van der Waals surface area contributed by atoms with E-state index in [2.05, 4.69) is 15.4 Å². The summed E-state index contributed by atoms with van der Waals surface area (Å²) in [5.74, 6) is -1.50. The van der Waals surface area contributed by atoms with Crippen molar-refractivity contribution in [2.75, 3.05) is 19.0 Å². The van der Waals surface area contributed by atoms with Crippen LogP contribution in [0.2, 0.25) is 0 Å². The Labute approximate surface area is 102 Å². The fraction of sp³-hybridized carbons (Fsp3) is 0.273. The highest BCUT2D eigenvalue weighted by Crippen LogP contribution is 2.17. The molecule has 5 nitrogen and oxygen atoms in total. The summed E-state index contributed by atoms with van der Waals surface area (Å²) >= 11 is 0. The van der Waals surface area contributed by atoms with Crippen LogP contribution < -0.4 is 5.32 Å². The standard InChI is InChI=1S/C11H12F2N4O/c1-18-3-2-17-7-9(6-15-17)16-11-10(13)4-8(12)5-14-11/h4-7H,2-3H2,1H3,(H,14,16). The van der Waals surface area contributed by atoms with E-state index in [9.17, 15) is 8.78 Å². The Kier molecular flexibility index (Phi) is 3.83. The Hall–Kier alpha value is -2.02. The van der Waals surface area contributed by atoms with Crippen LogP contribution in [0.15, 0.2) is 24.7 Å². The first kappa shape index (κ1) is 12.4. The van der Waals surface area contributed by atoms with Gasteiger partial charge in [0.15, 0.2) is 11.6 Å². The number of hydrogen-bond donors (Lipinski definition) is 1. The van der Waals surface area contributed by atoms with Crippen molar-refractivity contribution in [3.05, 3.63) is 36.3 Å². The van der Waals surface area contributed by atoms with Gasteiger partial charge < -0.3 is 10.1 Å². The molecule has 0 aliphatic rings. The molecule has 7 heteroatoms. The largest absolute Gasteiger partial charge is 0.383 e. The molecule has 0 spiro atoms. The van der Waals surface area contributed by atoms with Crippen molar-refractivity contribution >= 4 is 11.5 Å². The van der Waals surface area contributed by atoms with Crippen LogP contribution in [0.4, 0.5) is 20.3 Å². The first-order valence-electron chi connectivity index (χ1n) is 5.28. The summed E-state index contributed by atoms with van der Waals surface area (Å²) in [6.45, 7) is 1.13. The third-order valence-electron chi connectivity index (χ3n) is 2.23. The lowest BCUT2D eigenvalue weighted by Crippen LogP contribution is -2.04. The van der Waals surface area contributed by atoms with Crippen LogP contribution in [0.3, 0.4) is 0 Å². The van der Waals surface area contributed by atoms with E-state index in [-0.39, 0.29) is 5.82 Å². The minimum Gasteiger partial charge on any atom is -0.383 e. The summed E-state index contributed by atoms with van der Waals surface area (Å²) in [6.07, 6.45) is 4.16. The predicted octanol–water partition coefficient (Wildman–Crippen LogP) is 1.95. The van der Waals surface area contributed by atoms with E-state index in [1.165, 1.54) is 6.20 Å². The Bertz CT molecular complexity index is 530. The molecule has 0 fully saturated rings. The summed E-state index contributed by atoms with van der Waals surface area (Å²) in [4.78, 5) is 3.62.